The number of aromatic nitrogens is 3. The van der Waals surface area contributed by atoms with Crippen molar-refractivity contribution in [3.05, 3.63) is 77.5 Å². The number of carbonyl (C=O) groups is 1. The van der Waals surface area contributed by atoms with Gasteiger partial charge in [-0.25, -0.2) is 14.8 Å². The zero-order chi connectivity index (χ0) is 19.7. The fraction of sp³-hybridized carbons (Fsp3) is 0.136. The Bertz CT molecular complexity index is 1170. The number of carboxylic acid groups (broad SMARTS) is 1. The zero-order valence-corrected chi connectivity index (χ0v) is 16.4. The molecule has 0 spiro atoms. The lowest BCUT2D eigenvalue weighted by Gasteiger charge is -2.10. The van der Waals surface area contributed by atoms with Gasteiger partial charge in [0.1, 0.15) is 5.52 Å². The summed E-state index contributed by atoms with van der Waals surface area (Å²) in [7, 11) is 0. The molecule has 2 heterocycles. The van der Waals surface area contributed by atoms with E-state index in [1.165, 1.54) is 0 Å². The molecule has 6 heteroatoms. The highest BCUT2D eigenvalue weighted by Gasteiger charge is 2.14. The minimum Gasteiger partial charge on any atom is -0.478 e. The fourth-order valence-corrected chi connectivity index (χ4v) is 3.86. The first kappa shape index (κ1) is 18.3. The number of carboxylic acids is 1. The van der Waals surface area contributed by atoms with Crippen molar-refractivity contribution in [2.75, 3.05) is 6.26 Å². The number of fused-ring (bicyclic) bond motifs is 1. The Labute approximate surface area is 167 Å². The molecule has 140 valence electrons. The number of thioether (sulfide) groups is 1. The van der Waals surface area contributed by atoms with Gasteiger partial charge in [0.2, 0.25) is 0 Å². The zero-order valence-electron chi connectivity index (χ0n) is 15.6. The van der Waals surface area contributed by atoms with Crippen molar-refractivity contribution in [1.82, 2.24) is 14.5 Å². The molecule has 0 aliphatic rings. The van der Waals surface area contributed by atoms with E-state index in [9.17, 15) is 9.90 Å². The summed E-state index contributed by atoms with van der Waals surface area (Å²) >= 11 is 1.60. The molecule has 4 rings (SSSR count). The Morgan fingerprint density at radius 1 is 1.11 bits per heavy atom. The predicted octanol–water partition coefficient (Wildman–Crippen LogP) is 4.88. The summed E-state index contributed by atoms with van der Waals surface area (Å²) in [6.07, 6.45) is 3.82. The van der Waals surface area contributed by atoms with E-state index in [0.717, 1.165) is 38.6 Å². The largest absolute Gasteiger partial charge is 0.478 e. The summed E-state index contributed by atoms with van der Waals surface area (Å²) < 4.78 is 2.12. The van der Waals surface area contributed by atoms with Gasteiger partial charge in [-0.3, -0.25) is 4.57 Å². The van der Waals surface area contributed by atoms with Crippen molar-refractivity contribution in [1.29, 1.82) is 0 Å². The summed E-state index contributed by atoms with van der Waals surface area (Å²) in [4.78, 5) is 20.7. The fourth-order valence-electron chi connectivity index (χ4n) is 3.31. The number of imidazole rings is 1. The number of aromatic carboxylic acids is 1. The second-order valence-corrected chi connectivity index (χ2v) is 7.31. The molecule has 0 aliphatic heterocycles. The molecule has 0 radical (unpaired) electrons. The highest BCUT2D eigenvalue weighted by molar-refractivity contribution is 7.98. The van der Waals surface area contributed by atoms with Crippen LogP contribution in [0.5, 0.6) is 0 Å². The maximum Gasteiger partial charge on any atom is 0.336 e. The first-order valence-electron chi connectivity index (χ1n) is 8.86. The Kier molecular flexibility index (Phi) is 4.88. The summed E-state index contributed by atoms with van der Waals surface area (Å²) in [5.41, 5.74) is 5.94. The number of rotatable bonds is 5. The molecule has 28 heavy (non-hydrogen) atoms. The van der Waals surface area contributed by atoms with Gasteiger partial charge in [-0.05, 0) is 47.6 Å². The maximum absolute atomic E-state index is 11.5. The SMILES string of the molecule is CSc1nc2c(C)ccnc2n1Cc1ccc(-c2ccccc2C(=O)O)cc1. The minimum absolute atomic E-state index is 0.306. The number of hydrogen-bond acceptors (Lipinski definition) is 4. The molecule has 0 aliphatic carbocycles. The van der Waals surface area contributed by atoms with Gasteiger partial charge in [0.05, 0.1) is 12.1 Å². The molecule has 5 nitrogen and oxygen atoms in total. The van der Waals surface area contributed by atoms with Gasteiger partial charge >= 0.3 is 5.97 Å². The van der Waals surface area contributed by atoms with Crippen molar-refractivity contribution in [3.63, 3.8) is 0 Å². The van der Waals surface area contributed by atoms with Gasteiger partial charge in [-0.15, -0.1) is 0 Å². The smallest absolute Gasteiger partial charge is 0.336 e. The average Bonchev–Trinajstić information content (AvgIpc) is 3.07. The standard InChI is InChI=1S/C22H19N3O2S/c1-14-11-12-23-20-19(14)24-22(28-2)25(20)13-15-7-9-16(10-8-15)17-5-3-4-6-18(17)21(26)27/h3-12H,13H2,1-2H3,(H,26,27). The van der Waals surface area contributed by atoms with Crippen LogP contribution in [0.2, 0.25) is 0 Å². The Balaban J connectivity index is 1.69. The molecule has 0 saturated carbocycles. The third kappa shape index (κ3) is 3.27. The third-order valence-electron chi connectivity index (χ3n) is 4.75. The van der Waals surface area contributed by atoms with E-state index >= 15 is 0 Å². The Morgan fingerprint density at radius 3 is 2.57 bits per heavy atom. The monoisotopic (exact) mass is 389 g/mol. The van der Waals surface area contributed by atoms with Gasteiger partial charge in [0.15, 0.2) is 10.8 Å². The molecule has 2 aromatic carbocycles. The summed E-state index contributed by atoms with van der Waals surface area (Å²) in [5.74, 6) is -0.921. The van der Waals surface area contributed by atoms with E-state index in [1.807, 2.05) is 61.8 Å². The van der Waals surface area contributed by atoms with Crippen molar-refractivity contribution in [3.8, 4) is 11.1 Å². The molecule has 0 fully saturated rings. The summed E-state index contributed by atoms with van der Waals surface area (Å²) in [6, 6.07) is 17.0. The van der Waals surface area contributed by atoms with Crippen molar-refractivity contribution in [2.45, 2.75) is 18.6 Å². The van der Waals surface area contributed by atoms with Crippen LogP contribution in [0.4, 0.5) is 0 Å². The van der Waals surface area contributed by atoms with Crippen molar-refractivity contribution >= 4 is 28.9 Å². The van der Waals surface area contributed by atoms with Crippen LogP contribution in [-0.2, 0) is 6.54 Å². The quantitative estimate of drug-likeness (QED) is 0.493. The topological polar surface area (TPSA) is 68.0 Å². The van der Waals surface area contributed by atoms with E-state index < -0.39 is 5.97 Å². The summed E-state index contributed by atoms with van der Waals surface area (Å²) in [6.45, 7) is 2.70. The van der Waals surface area contributed by atoms with Crippen LogP contribution in [0.3, 0.4) is 0 Å². The highest BCUT2D eigenvalue weighted by Crippen LogP contribution is 2.27. The highest BCUT2D eigenvalue weighted by atomic mass is 32.2. The molecule has 0 bridgehead atoms. The van der Waals surface area contributed by atoms with Crippen molar-refractivity contribution in [2.24, 2.45) is 0 Å². The number of pyridine rings is 1. The second-order valence-electron chi connectivity index (χ2n) is 6.53. The Hall–Kier alpha value is -3.12. The molecule has 1 N–H and O–H groups in total. The number of nitrogens with zero attached hydrogens (tertiary/aromatic N) is 3. The third-order valence-corrected chi connectivity index (χ3v) is 5.42. The van der Waals surface area contributed by atoms with Crippen LogP contribution in [0, 0.1) is 6.92 Å². The molecule has 4 aromatic rings. The second kappa shape index (κ2) is 7.48. The van der Waals surface area contributed by atoms with E-state index in [1.54, 1.807) is 23.9 Å². The van der Waals surface area contributed by atoms with Crippen LogP contribution in [0.15, 0.2) is 66.0 Å². The first-order valence-corrected chi connectivity index (χ1v) is 10.1. The minimum atomic E-state index is -0.921. The summed E-state index contributed by atoms with van der Waals surface area (Å²) in [5, 5.41) is 10.3. The predicted molar refractivity (Wildman–Crippen MR) is 112 cm³/mol. The lowest BCUT2D eigenvalue weighted by molar-refractivity contribution is 0.0697. The lowest BCUT2D eigenvalue weighted by atomic mass is 9.99. The molecule has 2 aromatic heterocycles. The van der Waals surface area contributed by atoms with E-state index in [0.29, 0.717) is 12.1 Å². The Morgan fingerprint density at radius 2 is 1.86 bits per heavy atom. The van der Waals surface area contributed by atoms with Crippen LogP contribution in [0.25, 0.3) is 22.3 Å². The first-order chi connectivity index (χ1) is 13.6. The molecular weight excluding hydrogens is 370 g/mol. The van der Waals surface area contributed by atoms with Gasteiger partial charge in [-0.2, -0.15) is 0 Å². The van der Waals surface area contributed by atoms with Crippen molar-refractivity contribution < 1.29 is 9.90 Å². The molecule has 0 amide bonds. The number of hydrogen-bond donors (Lipinski definition) is 1. The van der Waals surface area contributed by atoms with E-state index in [2.05, 4.69) is 9.55 Å². The van der Waals surface area contributed by atoms with Crippen LogP contribution in [0.1, 0.15) is 21.5 Å². The molecule has 0 unspecified atom stereocenters. The maximum atomic E-state index is 11.5. The molecule has 0 atom stereocenters. The van der Waals surface area contributed by atoms with E-state index in [4.69, 9.17) is 4.98 Å². The van der Waals surface area contributed by atoms with Gasteiger partial charge < -0.3 is 5.11 Å². The molecule has 0 saturated heterocycles. The van der Waals surface area contributed by atoms with Crippen LogP contribution < -0.4 is 0 Å². The van der Waals surface area contributed by atoms with Gasteiger partial charge in [0.25, 0.3) is 0 Å². The van der Waals surface area contributed by atoms with Gasteiger partial charge in [-0.1, -0.05) is 54.2 Å². The average molecular weight is 389 g/mol. The number of benzene rings is 2. The van der Waals surface area contributed by atoms with Crippen LogP contribution in [-0.4, -0.2) is 31.9 Å². The molecular formula is C22H19N3O2S. The van der Waals surface area contributed by atoms with Gasteiger partial charge in [0, 0.05) is 6.20 Å². The normalized spacial score (nSPS) is 11.1. The van der Waals surface area contributed by atoms with E-state index in [-0.39, 0.29) is 0 Å². The number of aryl methyl sites for hydroxylation is 1. The van der Waals surface area contributed by atoms with Crippen LogP contribution >= 0.6 is 11.8 Å². The lowest BCUT2D eigenvalue weighted by Crippen LogP contribution is -2.03.